The maximum absolute atomic E-state index is 12.2. The summed E-state index contributed by atoms with van der Waals surface area (Å²) >= 11 is 0. The van der Waals surface area contributed by atoms with Crippen molar-refractivity contribution in [3.63, 3.8) is 0 Å². The molecule has 7 heteroatoms. The van der Waals surface area contributed by atoms with Gasteiger partial charge in [0.2, 0.25) is 10.0 Å². The van der Waals surface area contributed by atoms with Crippen molar-refractivity contribution >= 4 is 27.4 Å². The van der Waals surface area contributed by atoms with Gasteiger partial charge in [-0.1, -0.05) is 12.1 Å². The van der Waals surface area contributed by atoms with E-state index in [0.717, 1.165) is 5.56 Å². The topological polar surface area (TPSA) is 89.7 Å². The van der Waals surface area contributed by atoms with Crippen LogP contribution in [-0.2, 0) is 26.0 Å². The van der Waals surface area contributed by atoms with Gasteiger partial charge in [0.25, 0.3) is 0 Å². The summed E-state index contributed by atoms with van der Waals surface area (Å²) in [7, 11) is -3.74. The Hall–Kier alpha value is -1.76. The molecule has 0 aromatic heterocycles. The van der Waals surface area contributed by atoms with Crippen LogP contribution in [0.15, 0.2) is 18.2 Å². The Balaban J connectivity index is 2.28. The van der Waals surface area contributed by atoms with Crippen LogP contribution in [0.3, 0.4) is 0 Å². The average molecular weight is 284 g/mol. The van der Waals surface area contributed by atoms with E-state index in [-0.39, 0.29) is 6.61 Å². The Morgan fingerprint density at radius 3 is 2.89 bits per heavy atom. The highest BCUT2D eigenvalue weighted by atomic mass is 32.2. The standard InChI is InChI=1S/C12H16N2O4S/c1-2-18-11(15)8-19(16,17)14-7-6-9-4-3-5-10(13)12(9)14/h3-5H,2,6-8,13H2,1H3. The summed E-state index contributed by atoms with van der Waals surface area (Å²) in [6.07, 6.45) is 0.600. The molecular weight excluding hydrogens is 268 g/mol. The third kappa shape index (κ3) is 2.65. The first-order valence-electron chi connectivity index (χ1n) is 5.99. The predicted octanol–water partition coefficient (Wildman–Crippen LogP) is 0.524. The summed E-state index contributed by atoms with van der Waals surface area (Å²) < 4.78 is 30.3. The number of fused-ring (bicyclic) bond motifs is 1. The number of nitrogen functional groups attached to an aromatic ring is 1. The molecule has 19 heavy (non-hydrogen) atoms. The van der Waals surface area contributed by atoms with Crippen LogP contribution in [0.25, 0.3) is 0 Å². The van der Waals surface area contributed by atoms with E-state index < -0.39 is 21.7 Å². The number of hydrogen-bond acceptors (Lipinski definition) is 5. The summed E-state index contributed by atoms with van der Waals surface area (Å²) in [6.45, 7) is 2.10. The quantitative estimate of drug-likeness (QED) is 0.643. The smallest absolute Gasteiger partial charge is 0.323 e. The van der Waals surface area contributed by atoms with Gasteiger partial charge >= 0.3 is 5.97 Å². The predicted molar refractivity (Wildman–Crippen MR) is 72.3 cm³/mol. The number of ether oxygens (including phenoxy) is 1. The van der Waals surface area contributed by atoms with Gasteiger partial charge in [-0.25, -0.2) is 8.42 Å². The Bertz CT molecular complexity index is 598. The minimum atomic E-state index is -3.74. The Kier molecular flexibility index (Phi) is 3.66. The van der Waals surface area contributed by atoms with Crippen LogP contribution in [0.1, 0.15) is 12.5 Å². The van der Waals surface area contributed by atoms with Crippen LogP contribution in [0.5, 0.6) is 0 Å². The van der Waals surface area contributed by atoms with Crippen LogP contribution < -0.4 is 10.0 Å². The number of para-hydroxylation sites is 1. The molecule has 0 saturated heterocycles. The molecular formula is C12H16N2O4S. The van der Waals surface area contributed by atoms with E-state index in [1.54, 1.807) is 19.1 Å². The van der Waals surface area contributed by atoms with Gasteiger partial charge in [-0.3, -0.25) is 9.10 Å². The summed E-state index contributed by atoms with van der Waals surface area (Å²) in [4.78, 5) is 11.4. The van der Waals surface area contributed by atoms with E-state index in [1.165, 1.54) is 4.31 Å². The molecule has 1 aromatic carbocycles. The van der Waals surface area contributed by atoms with Crippen LogP contribution in [0, 0.1) is 0 Å². The second-order valence-electron chi connectivity index (χ2n) is 4.24. The van der Waals surface area contributed by atoms with Gasteiger partial charge in [-0.05, 0) is 25.0 Å². The number of rotatable bonds is 4. The number of carbonyl (C=O) groups is 1. The van der Waals surface area contributed by atoms with Crippen molar-refractivity contribution in [1.82, 2.24) is 0 Å². The minimum absolute atomic E-state index is 0.160. The highest BCUT2D eigenvalue weighted by molar-refractivity contribution is 7.93. The van der Waals surface area contributed by atoms with E-state index in [1.807, 2.05) is 6.07 Å². The Morgan fingerprint density at radius 1 is 1.47 bits per heavy atom. The fourth-order valence-electron chi connectivity index (χ4n) is 2.16. The van der Waals surface area contributed by atoms with Gasteiger partial charge in [0, 0.05) is 6.54 Å². The lowest BCUT2D eigenvalue weighted by Gasteiger charge is -2.20. The Labute approximate surface area is 112 Å². The number of anilines is 2. The highest BCUT2D eigenvalue weighted by Gasteiger charge is 2.32. The van der Waals surface area contributed by atoms with Crippen molar-refractivity contribution in [2.75, 3.05) is 28.9 Å². The fourth-order valence-corrected chi connectivity index (χ4v) is 3.57. The van der Waals surface area contributed by atoms with Gasteiger partial charge in [-0.2, -0.15) is 0 Å². The Morgan fingerprint density at radius 2 is 2.21 bits per heavy atom. The molecule has 0 bridgehead atoms. The molecule has 1 aliphatic rings. The molecule has 0 unspecified atom stereocenters. The largest absolute Gasteiger partial charge is 0.465 e. The zero-order valence-electron chi connectivity index (χ0n) is 10.6. The number of nitrogens with two attached hydrogens (primary N) is 1. The summed E-state index contributed by atoms with van der Waals surface area (Å²) in [5.41, 5.74) is 7.61. The number of carbonyl (C=O) groups excluding carboxylic acids is 1. The van der Waals surface area contributed by atoms with Crippen molar-refractivity contribution in [2.24, 2.45) is 0 Å². The molecule has 0 radical (unpaired) electrons. The van der Waals surface area contributed by atoms with Crippen molar-refractivity contribution < 1.29 is 17.9 Å². The molecule has 6 nitrogen and oxygen atoms in total. The summed E-state index contributed by atoms with van der Waals surface area (Å²) in [6, 6.07) is 5.28. The molecule has 1 aliphatic heterocycles. The van der Waals surface area contributed by atoms with Crippen molar-refractivity contribution in [3.05, 3.63) is 23.8 Å². The van der Waals surface area contributed by atoms with E-state index in [9.17, 15) is 13.2 Å². The molecule has 0 amide bonds. The normalized spacial score (nSPS) is 14.3. The SMILES string of the molecule is CCOC(=O)CS(=O)(=O)N1CCc2cccc(N)c21. The van der Waals surface area contributed by atoms with Gasteiger partial charge < -0.3 is 10.5 Å². The maximum atomic E-state index is 12.2. The van der Waals surface area contributed by atoms with E-state index in [2.05, 4.69) is 4.74 Å². The number of sulfonamides is 1. The third-order valence-electron chi connectivity index (χ3n) is 2.93. The van der Waals surface area contributed by atoms with E-state index in [0.29, 0.717) is 24.3 Å². The first-order chi connectivity index (χ1) is 8.95. The monoisotopic (exact) mass is 284 g/mol. The second kappa shape index (κ2) is 5.08. The van der Waals surface area contributed by atoms with Gasteiger partial charge in [0.05, 0.1) is 18.0 Å². The van der Waals surface area contributed by atoms with Crippen molar-refractivity contribution in [1.29, 1.82) is 0 Å². The van der Waals surface area contributed by atoms with Crippen molar-refractivity contribution in [3.8, 4) is 0 Å². The van der Waals surface area contributed by atoms with Crippen LogP contribution in [0.4, 0.5) is 11.4 Å². The number of hydrogen-bond donors (Lipinski definition) is 1. The molecule has 0 spiro atoms. The second-order valence-corrected chi connectivity index (χ2v) is 6.13. The van der Waals surface area contributed by atoms with Crippen LogP contribution >= 0.6 is 0 Å². The van der Waals surface area contributed by atoms with E-state index in [4.69, 9.17) is 5.73 Å². The summed E-state index contributed by atoms with van der Waals surface area (Å²) in [5, 5.41) is 0. The molecule has 2 N–H and O–H groups in total. The van der Waals surface area contributed by atoms with E-state index >= 15 is 0 Å². The van der Waals surface area contributed by atoms with Crippen LogP contribution in [0.2, 0.25) is 0 Å². The molecule has 0 fully saturated rings. The summed E-state index contributed by atoms with van der Waals surface area (Å²) in [5.74, 6) is -1.40. The lowest BCUT2D eigenvalue weighted by atomic mass is 10.1. The van der Waals surface area contributed by atoms with Crippen LogP contribution in [-0.4, -0.2) is 33.3 Å². The zero-order chi connectivity index (χ0) is 14.0. The third-order valence-corrected chi connectivity index (χ3v) is 4.56. The average Bonchev–Trinajstić information content (AvgIpc) is 2.74. The number of esters is 1. The van der Waals surface area contributed by atoms with Gasteiger partial charge in [0.15, 0.2) is 5.75 Å². The first kappa shape index (κ1) is 13.7. The van der Waals surface area contributed by atoms with Gasteiger partial charge in [-0.15, -0.1) is 0 Å². The highest BCUT2D eigenvalue weighted by Crippen LogP contribution is 2.35. The number of benzene rings is 1. The van der Waals surface area contributed by atoms with Crippen molar-refractivity contribution in [2.45, 2.75) is 13.3 Å². The lowest BCUT2D eigenvalue weighted by molar-refractivity contribution is -0.139. The molecule has 1 aromatic rings. The molecule has 0 aliphatic carbocycles. The lowest BCUT2D eigenvalue weighted by Crippen LogP contribution is -2.35. The fraction of sp³-hybridized carbons (Fsp3) is 0.417. The molecule has 2 rings (SSSR count). The van der Waals surface area contributed by atoms with Gasteiger partial charge in [0.1, 0.15) is 0 Å². The first-order valence-corrected chi connectivity index (χ1v) is 7.60. The number of nitrogens with zero attached hydrogens (tertiary/aromatic N) is 1. The molecule has 104 valence electrons. The zero-order valence-corrected chi connectivity index (χ0v) is 11.4. The molecule has 0 saturated carbocycles. The minimum Gasteiger partial charge on any atom is -0.465 e. The molecule has 1 heterocycles. The molecule has 0 atom stereocenters. The maximum Gasteiger partial charge on any atom is 0.323 e.